The molecule has 0 atom stereocenters. The highest BCUT2D eigenvalue weighted by molar-refractivity contribution is 6.09. The monoisotopic (exact) mass is 358 g/mol. The molecule has 0 fully saturated rings. The molecular weight excluding hydrogens is 340 g/mol. The van der Waals surface area contributed by atoms with E-state index in [4.69, 9.17) is 0 Å². The van der Waals surface area contributed by atoms with Crippen molar-refractivity contribution in [2.45, 2.75) is 13.8 Å². The molecule has 4 aromatic heterocycles. The van der Waals surface area contributed by atoms with Gasteiger partial charge < -0.3 is 4.57 Å². The number of aromatic nitrogens is 4. The summed E-state index contributed by atoms with van der Waals surface area (Å²) in [6.07, 6.45) is 6.88. The van der Waals surface area contributed by atoms with E-state index in [0.717, 1.165) is 11.1 Å². The van der Waals surface area contributed by atoms with Crippen LogP contribution in [0.5, 0.6) is 0 Å². The van der Waals surface area contributed by atoms with Crippen LogP contribution in [0.4, 0.5) is 0 Å². The highest BCUT2D eigenvalue weighted by Crippen LogP contribution is 2.23. The van der Waals surface area contributed by atoms with E-state index >= 15 is 0 Å². The van der Waals surface area contributed by atoms with Crippen LogP contribution in [0.2, 0.25) is 0 Å². The fourth-order valence-electron chi connectivity index (χ4n) is 3.28. The van der Waals surface area contributed by atoms with Crippen LogP contribution in [-0.4, -0.2) is 24.7 Å². The second kappa shape index (κ2) is 6.32. The molecule has 0 unspecified atom stereocenters. The molecule has 6 nitrogen and oxygen atoms in total. The maximum Gasteiger partial charge on any atom is 0.253 e. The van der Waals surface area contributed by atoms with Gasteiger partial charge in [0.05, 0.1) is 5.69 Å². The molecule has 0 N–H and O–H groups in total. The van der Waals surface area contributed by atoms with Crippen LogP contribution in [0.1, 0.15) is 27.3 Å². The minimum absolute atomic E-state index is 0.0225. The fraction of sp³-hybridized carbons (Fsp3) is 0.143. The first-order valence-electron chi connectivity index (χ1n) is 8.57. The lowest BCUT2D eigenvalue weighted by atomic mass is 10.1. The first-order chi connectivity index (χ1) is 13.0. The van der Waals surface area contributed by atoms with Crippen molar-refractivity contribution in [3.05, 3.63) is 88.0 Å². The number of hydrogen-bond acceptors (Lipinski definition) is 4. The topological polar surface area (TPSA) is 69.3 Å². The summed E-state index contributed by atoms with van der Waals surface area (Å²) < 4.78 is 3.37. The van der Waals surface area contributed by atoms with Crippen LogP contribution in [-0.2, 0) is 7.05 Å². The van der Waals surface area contributed by atoms with Crippen LogP contribution in [0.25, 0.3) is 16.8 Å². The van der Waals surface area contributed by atoms with Crippen LogP contribution in [0, 0.1) is 13.8 Å². The number of nitrogens with zero attached hydrogens (tertiary/aromatic N) is 4. The smallest absolute Gasteiger partial charge is 0.253 e. The van der Waals surface area contributed by atoms with E-state index in [1.54, 1.807) is 53.7 Å². The minimum atomic E-state index is -0.123. The predicted octanol–water partition coefficient (Wildman–Crippen LogP) is 2.94. The summed E-state index contributed by atoms with van der Waals surface area (Å²) >= 11 is 0. The maximum absolute atomic E-state index is 13.0. The van der Waals surface area contributed by atoms with Gasteiger partial charge in [0, 0.05) is 43.0 Å². The Morgan fingerprint density at radius 1 is 1.07 bits per heavy atom. The maximum atomic E-state index is 13.0. The Morgan fingerprint density at radius 2 is 1.89 bits per heavy atom. The number of carbonyl (C=O) groups is 1. The third kappa shape index (κ3) is 2.85. The van der Waals surface area contributed by atoms with E-state index in [0.29, 0.717) is 28.2 Å². The minimum Gasteiger partial charge on any atom is -0.318 e. The molecule has 134 valence electrons. The zero-order chi connectivity index (χ0) is 19.1. The SMILES string of the molecule is Cc1nc2ccc(-c3cc(C)c(=O)n(C)c3)cn2c1C(=O)c1cccnc1. The number of fused-ring (bicyclic) bond motifs is 1. The number of rotatable bonds is 3. The number of hydrogen-bond donors (Lipinski definition) is 0. The summed E-state index contributed by atoms with van der Waals surface area (Å²) in [7, 11) is 1.73. The average molecular weight is 358 g/mol. The molecule has 0 aliphatic heterocycles. The number of pyridine rings is 3. The molecule has 0 saturated heterocycles. The first-order valence-corrected chi connectivity index (χ1v) is 8.57. The van der Waals surface area contributed by atoms with Gasteiger partial charge in [0.2, 0.25) is 5.78 Å². The quantitative estimate of drug-likeness (QED) is 0.528. The van der Waals surface area contributed by atoms with Gasteiger partial charge in [-0.2, -0.15) is 0 Å². The van der Waals surface area contributed by atoms with Gasteiger partial charge in [-0.05, 0) is 55.3 Å². The van der Waals surface area contributed by atoms with Gasteiger partial charge in [-0.25, -0.2) is 4.98 Å². The lowest BCUT2D eigenvalue weighted by Gasteiger charge is -2.08. The normalized spacial score (nSPS) is 11.1. The molecule has 4 heterocycles. The van der Waals surface area contributed by atoms with Crippen molar-refractivity contribution >= 4 is 11.4 Å². The van der Waals surface area contributed by atoms with Crippen LogP contribution >= 0.6 is 0 Å². The van der Waals surface area contributed by atoms with Crippen molar-refractivity contribution in [2.75, 3.05) is 0 Å². The zero-order valence-electron chi connectivity index (χ0n) is 15.3. The number of imidazole rings is 1. The van der Waals surface area contributed by atoms with E-state index in [1.165, 1.54) is 0 Å². The fourth-order valence-corrected chi connectivity index (χ4v) is 3.28. The Labute approximate surface area is 155 Å². The lowest BCUT2D eigenvalue weighted by Crippen LogP contribution is -2.18. The summed E-state index contributed by atoms with van der Waals surface area (Å²) in [4.78, 5) is 33.5. The summed E-state index contributed by atoms with van der Waals surface area (Å²) in [6, 6.07) is 9.16. The van der Waals surface area contributed by atoms with Gasteiger partial charge in [0.25, 0.3) is 5.56 Å². The Bertz CT molecular complexity index is 1210. The van der Waals surface area contributed by atoms with Crippen molar-refractivity contribution < 1.29 is 4.79 Å². The van der Waals surface area contributed by atoms with Gasteiger partial charge in [0.1, 0.15) is 11.3 Å². The van der Waals surface area contributed by atoms with Crippen LogP contribution in [0.3, 0.4) is 0 Å². The van der Waals surface area contributed by atoms with Gasteiger partial charge in [0.15, 0.2) is 0 Å². The Kier molecular flexibility index (Phi) is 3.96. The molecule has 4 aromatic rings. The third-order valence-electron chi connectivity index (χ3n) is 4.63. The van der Waals surface area contributed by atoms with Crippen molar-refractivity contribution in [1.82, 2.24) is 18.9 Å². The molecule has 0 amide bonds. The molecule has 0 radical (unpaired) electrons. The third-order valence-corrected chi connectivity index (χ3v) is 4.63. The average Bonchev–Trinajstić information content (AvgIpc) is 3.00. The van der Waals surface area contributed by atoms with Crippen LogP contribution in [0.15, 0.2) is 59.9 Å². The molecule has 0 spiro atoms. The van der Waals surface area contributed by atoms with Crippen molar-refractivity contribution in [3.8, 4) is 11.1 Å². The second-order valence-electron chi connectivity index (χ2n) is 6.59. The van der Waals surface area contributed by atoms with E-state index in [1.807, 2.05) is 31.3 Å². The number of aryl methyl sites for hydroxylation is 3. The van der Waals surface area contributed by atoms with Crippen molar-refractivity contribution in [1.29, 1.82) is 0 Å². The summed E-state index contributed by atoms with van der Waals surface area (Å²) in [5, 5.41) is 0. The molecule has 0 bridgehead atoms. The highest BCUT2D eigenvalue weighted by Gasteiger charge is 2.19. The number of carbonyl (C=O) groups excluding carboxylic acids is 1. The standard InChI is InChI=1S/C21H18N4O2/c1-13-9-17(11-24(3)21(13)27)16-6-7-18-23-14(2)19(25(18)12-16)20(26)15-5-4-8-22-10-15/h4-12H,1-3H3. The molecule has 6 heteroatoms. The Morgan fingerprint density at radius 3 is 2.59 bits per heavy atom. The van der Waals surface area contributed by atoms with Crippen LogP contribution < -0.4 is 5.56 Å². The van der Waals surface area contributed by atoms with E-state index in [2.05, 4.69) is 9.97 Å². The summed E-state index contributed by atoms with van der Waals surface area (Å²) in [5.74, 6) is -0.123. The molecule has 0 aliphatic carbocycles. The largest absolute Gasteiger partial charge is 0.318 e. The molecular formula is C21H18N4O2. The number of ketones is 1. The van der Waals surface area contributed by atoms with Gasteiger partial charge in [-0.1, -0.05) is 0 Å². The van der Waals surface area contributed by atoms with Crippen molar-refractivity contribution in [2.24, 2.45) is 7.05 Å². The molecule has 0 saturated carbocycles. The van der Waals surface area contributed by atoms with E-state index in [9.17, 15) is 9.59 Å². The van der Waals surface area contributed by atoms with E-state index in [-0.39, 0.29) is 11.3 Å². The second-order valence-corrected chi connectivity index (χ2v) is 6.59. The first kappa shape index (κ1) is 16.9. The molecule has 27 heavy (non-hydrogen) atoms. The molecule has 0 aromatic carbocycles. The summed E-state index contributed by atoms with van der Waals surface area (Å²) in [5.41, 5.74) is 4.85. The van der Waals surface area contributed by atoms with Gasteiger partial charge in [-0.3, -0.25) is 19.0 Å². The van der Waals surface area contributed by atoms with Gasteiger partial charge in [-0.15, -0.1) is 0 Å². The Hall–Kier alpha value is -3.54. The molecule has 4 rings (SSSR count). The molecule has 0 aliphatic rings. The lowest BCUT2D eigenvalue weighted by molar-refractivity contribution is 0.103. The van der Waals surface area contributed by atoms with Gasteiger partial charge >= 0.3 is 0 Å². The highest BCUT2D eigenvalue weighted by atomic mass is 16.1. The van der Waals surface area contributed by atoms with Crippen molar-refractivity contribution in [3.63, 3.8) is 0 Å². The zero-order valence-corrected chi connectivity index (χ0v) is 15.3. The summed E-state index contributed by atoms with van der Waals surface area (Å²) in [6.45, 7) is 3.62. The predicted molar refractivity (Wildman–Crippen MR) is 103 cm³/mol. The van der Waals surface area contributed by atoms with E-state index < -0.39 is 0 Å². The Balaban J connectivity index is 1.90.